The van der Waals surface area contributed by atoms with Gasteiger partial charge in [0.25, 0.3) is 0 Å². The van der Waals surface area contributed by atoms with Crippen LogP contribution in [0.2, 0.25) is 0 Å². The van der Waals surface area contributed by atoms with Crippen molar-refractivity contribution in [2.45, 2.75) is 13.3 Å². The first-order valence-electron chi connectivity index (χ1n) is 3.24. The minimum absolute atomic E-state index is 0.267. The molecular weight excluding hydrogens is 132 g/mol. The Morgan fingerprint density at radius 3 is 3.20 bits per heavy atom. The highest BCUT2D eigenvalue weighted by Gasteiger charge is 2.05. The van der Waals surface area contributed by atoms with Crippen LogP contribution in [0, 0.1) is 0 Å². The number of hydrogen-bond donors (Lipinski definition) is 0. The zero-order chi connectivity index (χ0) is 7.40. The first-order valence-corrected chi connectivity index (χ1v) is 3.24. The van der Waals surface area contributed by atoms with Crippen LogP contribution in [0.4, 0.5) is 0 Å². The predicted octanol–water partition coefficient (Wildman–Crippen LogP) is 0.854. The normalized spacial score (nSPS) is 15.9. The molecule has 0 saturated carbocycles. The van der Waals surface area contributed by atoms with Crippen molar-refractivity contribution in [3.8, 4) is 0 Å². The van der Waals surface area contributed by atoms with Crippen LogP contribution in [-0.4, -0.2) is 19.2 Å². The van der Waals surface area contributed by atoms with Gasteiger partial charge in [-0.15, -0.1) is 0 Å². The largest absolute Gasteiger partial charge is 0.494 e. The van der Waals surface area contributed by atoms with Gasteiger partial charge < -0.3 is 9.47 Å². The van der Waals surface area contributed by atoms with Gasteiger partial charge in [-0.1, -0.05) is 0 Å². The lowest BCUT2D eigenvalue weighted by Gasteiger charge is -2.02. The van der Waals surface area contributed by atoms with Crippen molar-refractivity contribution in [1.29, 1.82) is 0 Å². The summed E-state index contributed by atoms with van der Waals surface area (Å²) in [4.78, 5) is 10.3. The van der Waals surface area contributed by atoms with Crippen molar-refractivity contribution >= 4 is 5.97 Å². The van der Waals surface area contributed by atoms with Crippen LogP contribution in [0.15, 0.2) is 11.8 Å². The molecule has 3 nitrogen and oxygen atoms in total. The van der Waals surface area contributed by atoms with Crippen molar-refractivity contribution in [3.63, 3.8) is 0 Å². The molecule has 0 aliphatic carbocycles. The maximum Gasteiger partial charge on any atom is 0.303 e. The SMILES string of the molecule is CC(=O)OCC1=CCCO1. The third-order valence-electron chi connectivity index (χ3n) is 1.20. The Balaban J connectivity index is 2.19. The second-order valence-corrected chi connectivity index (χ2v) is 2.09. The highest BCUT2D eigenvalue weighted by Crippen LogP contribution is 2.08. The van der Waals surface area contributed by atoms with Gasteiger partial charge >= 0.3 is 5.97 Å². The molecule has 0 aromatic rings. The summed E-state index contributed by atoms with van der Waals surface area (Å²) in [5, 5.41) is 0. The Morgan fingerprint density at radius 1 is 1.90 bits per heavy atom. The number of carbonyl (C=O) groups is 1. The Hall–Kier alpha value is -0.990. The monoisotopic (exact) mass is 142 g/mol. The van der Waals surface area contributed by atoms with Gasteiger partial charge in [-0.25, -0.2) is 0 Å². The Kier molecular flexibility index (Phi) is 2.31. The first kappa shape index (κ1) is 7.12. The molecule has 10 heavy (non-hydrogen) atoms. The summed E-state index contributed by atoms with van der Waals surface area (Å²) in [6.07, 6.45) is 2.86. The standard InChI is InChI=1S/C7H10O3/c1-6(8)10-5-7-3-2-4-9-7/h3H,2,4-5H2,1H3. The van der Waals surface area contributed by atoms with E-state index in [0.29, 0.717) is 0 Å². The van der Waals surface area contributed by atoms with Crippen molar-refractivity contribution in [1.82, 2.24) is 0 Å². The number of hydrogen-bond acceptors (Lipinski definition) is 3. The molecule has 3 heteroatoms. The third kappa shape index (κ3) is 2.09. The molecule has 56 valence electrons. The fourth-order valence-electron chi connectivity index (χ4n) is 0.742. The van der Waals surface area contributed by atoms with Crippen LogP contribution < -0.4 is 0 Å². The average Bonchev–Trinajstić information content (AvgIpc) is 2.34. The summed E-state index contributed by atoms with van der Waals surface area (Å²) in [6.45, 7) is 2.39. The molecule has 1 rings (SSSR count). The van der Waals surface area contributed by atoms with Gasteiger partial charge in [-0.3, -0.25) is 4.79 Å². The van der Waals surface area contributed by atoms with Gasteiger partial charge in [-0.2, -0.15) is 0 Å². The number of ether oxygens (including phenoxy) is 2. The van der Waals surface area contributed by atoms with E-state index in [1.807, 2.05) is 6.08 Å². The first-order chi connectivity index (χ1) is 4.79. The van der Waals surface area contributed by atoms with Crippen LogP contribution >= 0.6 is 0 Å². The van der Waals surface area contributed by atoms with Crippen molar-refractivity contribution < 1.29 is 14.3 Å². The minimum Gasteiger partial charge on any atom is -0.494 e. The predicted molar refractivity (Wildman–Crippen MR) is 35.3 cm³/mol. The molecule has 0 atom stereocenters. The van der Waals surface area contributed by atoms with E-state index in [-0.39, 0.29) is 12.6 Å². The lowest BCUT2D eigenvalue weighted by Crippen LogP contribution is -2.03. The Labute approximate surface area is 59.6 Å². The van der Waals surface area contributed by atoms with Crippen molar-refractivity contribution in [3.05, 3.63) is 11.8 Å². The lowest BCUT2D eigenvalue weighted by atomic mass is 10.4. The molecule has 1 aliphatic rings. The zero-order valence-corrected chi connectivity index (χ0v) is 5.92. The molecule has 0 unspecified atom stereocenters. The lowest BCUT2D eigenvalue weighted by molar-refractivity contribution is -0.140. The third-order valence-corrected chi connectivity index (χ3v) is 1.20. The highest BCUT2D eigenvalue weighted by molar-refractivity contribution is 5.66. The van der Waals surface area contributed by atoms with E-state index in [9.17, 15) is 4.79 Å². The molecule has 0 N–H and O–H groups in total. The van der Waals surface area contributed by atoms with Gasteiger partial charge in [0.2, 0.25) is 0 Å². The topological polar surface area (TPSA) is 35.5 Å². The number of rotatable bonds is 2. The summed E-state index contributed by atoms with van der Waals surface area (Å²) in [7, 11) is 0. The van der Waals surface area contributed by atoms with Gasteiger partial charge in [0.05, 0.1) is 6.61 Å². The maximum absolute atomic E-state index is 10.3. The van der Waals surface area contributed by atoms with Gasteiger partial charge in [0, 0.05) is 13.3 Å². The molecule has 1 heterocycles. The van der Waals surface area contributed by atoms with E-state index >= 15 is 0 Å². The number of carbonyl (C=O) groups excluding carboxylic acids is 1. The van der Waals surface area contributed by atoms with Crippen LogP contribution in [0.1, 0.15) is 13.3 Å². The summed E-state index contributed by atoms with van der Waals surface area (Å²) in [5.41, 5.74) is 0. The molecule has 0 amide bonds. The minimum atomic E-state index is -0.267. The van der Waals surface area contributed by atoms with Gasteiger partial charge in [0.15, 0.2) is 0 Å². The molecular formula is C7H10O3. The molecule has 1 aliphatic heterocycles. The summed E-state index contributed by atoms with van der Waals surface area (Å²) < 4.78 is 9.78. The van der Waals surface area contributed by atoms with E-state index < -0.39 is 0 Å². The smallest absolute Gasteiger partial charge is 0.303 e. The Bertz CT molecular complexity index is 160. The molecule has 0 fully saturated rings. The summed E-state index contributed by atoms with van der Waals surface area (Å²) >= 11 is 0. The van der Waals surface area contributed by atoms with E-state index in [0.717, 1.165) is 18.8 Å². The van der Waals surface area contributed by atoms with Crippen LogP contribution in [0.5, 0.6) is 0 Å². The fourth-order valence-corrected chi connectivity index (χ4v) is 0.742. The molecule has 0 aromatic heterocycles. The van der Waals surface area contributed by atoms with Crippen LogP contribution in [0.3, 0.4) is 0 Å². The molecule has 0 bridgehead atoms. The molecule has 0 spiro atoms. The molecule has 0 saturated heterocycles. The van der Waals surface area contributed by atoms with E-state index in [1.54, 1.807) is 0 Å². The molecule has 0 radical (unpaired) electrons. The quantitative estimate of drug-likeness (QED) is 0.536. The van der Waals surface area contributed by atoms with Crippen LogP contribution in [-0.2, 0) is 14.3 Å². The maximum atomic E-state index is 10.3. The summed E-state index contributed by atoms with van der Waals surface area (Å²) in [6, 6.07) is 0. The summed E-state index contributed by atoms with van der Waals surface area (Å²) in [5.74, 6) is 0.506. The van der Waals surface area contributed by atoms with Crippen molar-refractivity contribution in [2.75, 3.05) is 13.2 Å². The highest BCUT2D eigenvalue weighted by atomic mass is 16.6. The molecule has 0 aromatic carbocycles. The second-order valence-electron chi connectivity index (χ2n) is 2.09. The zero-order valence-electron chi connectivity index (χ0n) is 5.92. The van der Waals surface area contributed by atoms with Crippen LogP contribution in [0.25, 0.3) is 0 Å². The number of esters is 1. The average molecular weight is 142 g/mol. The van der Waals surface area contributed by atoms with Gasteiger partial charge in [-0.05, 0) is 6.08 Å². The fraction of sp³-hybridized carbons (Fsp3) is 0.571. The Morgan fingerprint density at radius 2 is 2.70 bits per heavy atom. The van der Waals surface area contributed by atoms with Gasteiger partial charge in [0.1, 0.15) is 12.4 Å². The van der Waals surface area contributed by atoms with E-state index in [2.05, 4.69) is 0 Å². The van der Waals surface area contributed by atoms with E-state index in [4.69, 9.17) is 9.47 Å². The van der Waals surface area contributed by atoms with E-state index in [1.165, 1.54) is 6.92 Å². The second kappa shape index (κ2) is 3.25. The van der Waals surface area contributed by atoms with Crippen molar-refractivity contribution in [2.24, 2.45) is 0 Å².